The predicted molar refractivity (Wildman–Crippen MR) is 192 cm³/mol. The minimum absolute atomic E-state index is 0.00164. The van der Waals surface area contributed by atoms with E-state index in [1.807, 2.05) is 25.7 Å². The van der Waals surface area contributed by atoms with E-state index in [-0.39, 0.29) is 73.2 Å². The molecule has 9 rings (SSSR count). The van der Waals surface area contributed by atoms with E-state index in [1.165, 1.54) is 7.11 Å². The molecule has 1 aliphatic carbocycles. The molecule has 15 heteroatoms. The summed E-state index contributed by atoms with van der Waals surface area (Å²) in [5.41, 5.74) is 0.204. The number of benzene rings is 1. The third kappa shape index (κ3) is 6.08. The van der Waals surface area contributed by atoms with Crippen LogP contribution in [0, 0.1) is 5.82 Å². The molecule has 0 radical (unpaired) electrons. The van der Waals surface area contributed by atoms with E-state index in [2.05, 4.69) is 9.80 Å². The number of methoxy groups -OCH3 is 1. The van der Waals surface area contributed by atoms with Gasteiger partial charge >= 0.3 is 12.1 Å². The fourth-order valence-electron chi connectivity index (χ4n) is 9.34. The van der Waals surface area contributed by atoms with E-state index in [0.29, 0.717) is 47.1 Å². The van der Waals surface area contributed by atoms with E-state index in [0.717, 1.165) is 50.6 Å². The highest BCUT2D eigenvalue weighted by Gasteiger charge is 2.53. The summed E-state index contributed by atoms with van der Waals surface area (Å²) >= 11 is 6.86. The number of alkyl halides is 1. The molecule has 2 aromatic heterocycles. The minimum atomic E-state index is -0.930. The Bertz CT molecular complexity index is 1960. The van der Waals surface area contributed by atoms with Gasteiger partial charge in [-0.05, 0) is 89.5 Å². The largest absolute Gasteiger partial charge is 0.475 e. The number of amides is 1. The summed E-state index contributed by atoms with van der Waals surface area (Å²) in [6.45, 7) is 7.52. The number of aromatic nitrogens is 3. The zero-order valence-corrected chi connectivity index (χ0v) is 31.3. The first-order valence-corrected chi connectivity index (χ1v) is 19.1. The van der Waals surface area contributed by atoms with E-state index in [9.17, 15) is 9.18 Å². The molecular formula is C38H45ClF2N6O6. The van der Waals surface area contributed by atoms with Crippen LogP contribution in [-0.2, 0) is 9.47 Å². The molecule has 3 unspecified atom stereocenters. The summed E-state index contributed by atoms with van der Waals surface area (Å²) in [6.07, 6.45) is 4.20. The second-order valence-corrected chi connectivity index (χ2v) is 16.8. The predicted octanol–water partition coefficient (Wildman–Crippen LogP) is 6.65. The zero-order valence-electron chi connectivity index (χ0n) is 30.5. The molecule has 0 N–H and O–H groups in total. The van der Waals surface area contributed by atoms with Gasteiger partial charge in [-0.25, -0.2) is 18.6 Å². The standard InChI is InChI=1S/C38H45ClF2N6O6/c1-37(2,3)53-36(48)47-22-8-9-26(47)27-17-50-34-29-32(30(41)31(42-34)24-12-23(52-19-49-4)13-25(39)28(24)20-6-7-20)43-35(44-33(29)46(27)16-22)51-18-38-10-5-11-45(38)15-21(40)14-38/h12-13,20-22,26-27H,5-11,14-19H2,1-4H3/t21-,22?,26?,27?,38-/m0/s1. The topological polar surface area (TPSA) is 112 Å². The molecule has 12 nitrogen and oxygen atoms in total. The number of hydrogen-bond acceptors (Lipinski definition) is 11. The summed E-state index contributed by atoms with van der Waals surface area (Å²) in [4.78, 5) is 34.2. The molecule has 0 spiro atoms. The lowest BCUT2D eigenvalue weighted by Gasteiger charge is -2.46. The van der Waals surface area contributed by atoms with Gasteiger partial charge in [0.25, 0.3) is 0 Å². The van der Waals surface area contributed by atoms with Crippen molar-refractivity contribution >= 4 is 34.4 Å². The maximum Gasteiger partial charge on any atom is 0.410 e. The summed E-state index contributed by atoms with van der Waals surface area (Å²) in [5, 5.41) is 0.789. The molecule has 53 heavy (non-hydrogen) atoms. The van der Waals surface area contributed by atoms with E-state index >= 15 is 4.39 Å². The smallest absolute Gasteiger partial charge is 0.410 e. The Kier molecular flexibility index (Phi) is 8.54. The van der Waals surface area contributed by atoms with Crippen molar-refractivity contribution in [2.24, 2.45) is 0 Å². The van der Waals surface area contributed by atoms with Crippen LogP contribution in [-0.4, -0.2) is 113 Å². The monoisotopic (exact) mass is 754 g/mol. The van der Waals surface area contributed by atoms with Gasteiger partial charge in [-0.1, -0.05) is 11.6 Å². The summed E-state index contributed by atoms with van der Waals surface area (Å²) < 4.78 is 61.7. The molecular weight excluding hydrogens is 710 g/mol. The number of anilines is 1. The van der Waals surface area contributed by atoms with Crippen molar-refractivity contribution in [1.29, 1.82) is 0 Å². The second kappa shape index (κ2) is 12.9. The Labute approximate surface area is 312 Å². The first-order chi connectivity index (χ1) is 25.4. The number of halogens is 3. The molecule has 5 fully saturated rings. The summed E-state index contributed by atoms with van der Waals surface area (Å²) in [5.74, 6) is 0.518. The number of rotatable bonds is 8. The normalized spacial score (nSPS) is 27.8. The van der Waals surface area contributed by atoms with Crippen molar-refractivity contribution in [3.63, 3.8) is 0 Å². The van der Waals surface area contributed by atoms with Gasteiger partial charge in [-0.3, -0.25) is 9.80 Å². The Morgan fingerprint density at radius 2 is 1.92 bits per heavy atom. The number of nitrogens with zero attached hydrogens (tertiary/aromatic N) is 6. The quantitative estimate of drug-likeness (QED) is 0.231. The summed E-state index contributed by atoms with van der Waals surface area (Å²) in [7, 11) is 1.52. The van der Waals surface area contributed by atoms with Crippen molar-refractivity contribution < 1.29 is 37.3 Å². The van der Waals surface area contributed by atoms with E-state index in [4.69, 9.17) is 50.2 Å². The van der Waals surface area contributed by atoms with Crippen LogP contribution in [0.3, 0.4) is 0 Å². The SMILES string of the molecule is COCOc1cc(Cl)c(C2CC2)c(-c2nc3c4c(nc(OC[C@@]56CCCN5C[C@@H](F)C6)nc4c2F)N2CC4CCC(C2CO3)N4C(=O)OC(C)(C)C)c1. The number of fused-ring (bicyclic) bond motifs is 6. The number of hydrogen-bond donors (Lipinski definition) is 0. The molecule has 1 amide bonds. The van der Waals surface area contributed by atoms with Gasteiger partial charge in [0.05, 0.1) is 23.7 Å². The maximum absolute atomic E-state index is 17.4. The first kappa shape index (κ1) is 35.0. The number of pyridine rings is 1. The average molecular weight is 755 g/mol. The highest BCUT2D eigenvalue weighted by molar-refractivity contribution is 6.32. The van der Waals surface area contributed by atoms with E-state index in [1.54, 1.807) is 12.1 Å². The molecule has 7 heterocycles. The fourth-order valence-corrected chi connectivity index (χ4v) is 9.70. The number of piperazine rings is 1. The Hall–Kier alpha value is -3.75. The van der Waals surface area contributed by atoms with Gasteiger partial charge < -0.3 is 28.6 Å². The van der Waals surface area contributed by atoms with Crippen molar-refractivity contribution in [3.05, 3.63) is 28.5 Å². The molecule has 2 bridgehead atoms. The molecule has 5 atom stereocenters. The van der Waals surface area contributed by atoms with Crippen LogP contribution >= 0.6 is 11.6 Å². The van der Waals surface area contributed by atoms with Gasteiger partial charge in [0.2, 0.25) is 5.88 Å². The zero-order chi connectivity index (χ0) is 36.8. The molecule has 6 aliphatic rings. The summed E-state index contributed by atoms with van der Waals surface area (Å²) in [6, 6.07) is 2.73. The van der Waals surface area contributed by atoms with Crippen molar-refractivity contribution in [2.75, 3.05) is 51.7 Å². The highest BCUT2D eigenvalue weighted by Crippen LogP contribution is 2.51. The third-order valence-electron chi connectivity index (χ3n) is 11.7. The Morgan fingerprint density at radius 1 is 1.09 bits per heavy atom. The Morgan fingerprint density at radius 3 is 2.70 bits per heavy atom. The van der Waals surface area contributed by atoms with Crippen LogP contribution in [0.5, 0.6) is 17.6 Å². The number of ether oxygens (including phenoxy) is 5. The Balaban J connectivity index is 1.17. The van der Waals surface area contributed by atoms with Crippen LogP contribution in [0.25, 0.3) is 22.2 Å². The minimum Gasteiger partial charge on any atom is -0.475 e. The maximum atomic E-state index is 17.4. The van der Waals surface area contributed by atoms with Crippen molar-refractivity contribution in [2.45, 2.75) is 107 Å². The van der Waals surface area contributed by atoms with Crippen LogP contribution in [0.1, 0.15) is 77.2 Å². The number of carbonyl (C=O) groups excluding carboxylic acids is 1. The molecule has 4 saturated heterocycles. The van der Waals surface area contributed by atoms with Gasteiger partial charge in [-0.15, -0.1) is 0 Å². The number of carbonyl (C=O) groups is 1. The van der Waals surface area contributed by atoms with Crippen LogP contribution in [0.15, 0.2) is 12.1 Å². The molecule has 1 aromatic carbocycles. The van der Waals surface area contributed by atoms with Crippen molar-refractivity contribution in [1.82, 2.24) is 24.8 Å². The molecule has 1 saturated carbocycles. The average Bonchev–Trinajstić information content (AvgIpc) is 3.72. The lowest BCUT2D eigenvalue weighted by atomic mass is 9.95. The van der Waals surface area contributed by atoms with Crippen LogP contribution < -0.4 is 19.1 Å². The van der Waals surface area contributed by atoms with Gasteiger partial charge in [0, 0.05) is 37.2 Å². The van der Waals surface area contributed by atoms with Gasteiger partial charge in [-0.2, -0.15) is 9.97 Å². The molecule has 5 aliphatic heterocycles. The first-order valence-electron chi connectivity index (χ1n) is 18.7. The van der Waals surface area contributed by atoms with Crippen LogP contribution in [0.2, 0.25) is 5.02 Å². The second-order valence-electron chi connectivity index (χ2n) is 16.4. The molecule has 3 aromatic rings. The lowest BCUT2D eigenvalue weighted by Crippen LogP contribution is -2.63. The lowest BCUT2D eigenvalue weighted by molar-refractivity contribution is 0.00537. The van der Waals surface area contributed by atoms with Crippen molar-refractivity contribution in [3.8, 4) is 28.9 Å². The van der Waals surface area contributed by atoms with Gasteiger partial charge in [0.1, 0.15) is 53.2 Å². The van der Waals surface area contributed by atoms with E-state index < -0.39 is 23.1 Å². The van der Waals surface area contributed by atoms with Crippen LogP contribution in [0.4, 0.5) is 19.4 Å². The molecule has 284 valence electrons. The highest BCUT2D eigenvalue weighted by atomic mass is 35.5. The van der Waals surface area contributed by atoms with Gasteiger partial charge in [0.15, 0.2) is 12.6 Å². The third-order valence-corrected chi connectivity index (χ3v) is 12.0. The fraction of sp³-hybridized carbons (Fsp3) is 0.632.